The van der Waals surface area contributed by atoms with Crippen LogP contribution in [-0.4, -0.2) is 42.0 Å². The normalized spacial score (nSPS) is 13.8. The molecule has 0 radical (unpaired) electrons. The first kappa shape index (κ1) is 15.3. The maximum Gasteiger partial charge on any atom is 0.323 e. The van der Waals surface area contributed by atoms with Crippen molar-refractivity contribution in [2.45, 2.75) is 25.4 Å². The number of aliphatic carboxylic acids is 1. The Morgan fingerprint density at radius 3 is 2.68 bits per heavy atom. The number of carboxylic acids is 1. The Bertz CT molecular complexity index is 437. The molecule has 6 heteroatoms. The standard InChI is InChI=1S/C13H20N2O4/c1-8(15-11(7-16)13(17)18)5-9-3-4-12(19-2)10(14)6-9/h3-4,6,8,11,15-16H,5,7,14H2,1-2H3,(H,17,18). The van der Waals surface area contributed by atoms with Gasteiger partial charge in [0.1, 0.15) is 11.8 Å². The van der Waals surface area contributed by atoms with Gasteiger partial charge in [0.15, 0.2) is 0 Å². The highest BCUT2D eigenvalue weighted by molar-refractivity contribution is 5.73. The predicted octanol–water partition coefficient (Wildman–Crippen LogP) is 0.243. The van der Waals surface area contributed by atoms with Crippen molar-refractivity contribution < 1.29 is 19.7 Å². The summed E-state index contributed by atoms with van der Waals surface area (Å²) in [5.74, 6) is -0.452. The maximum absolute atomic E-state index is 10.8. The van der Waals surface area contributed by atoms with Gasteiger partial charge in [-0.25, -0.2) is 0 Å². The summed E-state index contributed by atoms with van der Waals surface area (Å²) < 4.78 is 5.07. The molecule has 0 spiro atoms. The molecule has 0 aliphatic carbocycles. The summed E-state index contributed by atoms with van der Waals surface area (Å²) >= 11 is 0. The van der Waals surface area contributed by atoms with Gasteiger partial charge in [0.25, 0.3) is 0 Å². The Kier molecular flexibility index (Phi) is 5.59. The van der Waals surface area contributed by atoms with E-state index < -0.39 is 18.6 Å². The lowest BCUT2D eigenvalue weighted by Gasteiger charge is -2.19. The SMILES string of the molecule is COc1ccc(CC(C)NC(CO)C(=O)O)cc1N. The van der Waals surface area contributed by atoms with Gasteiger partial charge in [-0.15, -0.1) is 0 Å². The van der Waals surface area contributed by atoms with Crippen LogP contribution in [-0.2, 0) is 11.2 Å². The predicted molar refractivity (Wildman–Crippen MR) is 72.2 cm³/mol. The summed E-state index contributed by atoms with van der Waals surface area (Å²) in [7, 11) is 1.55. The topological polar surface area (TPSA) is 105 Å². The fraction of sp³-hybridized carbons (Fsp3) is 0.462. The number of carbonyl (C=O) groups is 1. The molecular weight excluding hydrogens is 248 g/mol. The fourth-order valence-corrected chi connectivity index (χ4v) is 1.87. The number of nitrogens with two attached hydrogens (primary N) is 1. The van der Waals surface area contributed by atoms with Crippen molar-refractivity contribution in [3.63, 3.8) is 0 Å². The molecule has 0 fully saturated rings. The van der Waals surface area contributed by atoms with Crippen LogP contribution in [0.3, 0.4) is 0 Å². The molecule has 0 saturated heterocycles. The average Bonchev–Trinajstić information content (AvgIpc) is 2.35. The maximum atomic E-state index is 10.8. The number of hydrogen-bond donors (Lipinski definition) is 4. The first-order valence-corrected chi connectivity index (χ1v) is 6.00. The van der Waals surface area contributed by atoms with E-state index in [9.17, 15) is 4.79 Å². The second kappa shape index (κ2) is 6.96. The number of methoxy groups -OCH3 is 1. The summed E-state index contributed by atoms with van der Waals surface area (Å²) in [5.41, 5.74) is 7.32. The van der Waals surface area contributed by atoms with Gasteiger partial charge < -0.3 is 20.7 Å². The summed E-state index contributed by atoms with van der Waals surface area (Å²) in [6.45, 7) is 1.41. The van der Waals surface area contributed by atoms with E-state index in [1.54, 1.807) is 19.2 Å². The number of aliphatic hydroxyl groups excluding tert-OH is 1. The molecule has 0 amide bonds. The molecule has 2 unspecified atom stereocenters. The van der Waals surface area contributed by atoms with Gasteiger partial charge in [0.05, 0.1) is 19.4 Å². The number of hydrogen-bond acceptors (Lipinski definition) is 5. The van der Waals surface area contributed by atoms with Crippen molar-refractivity contribution in [3.8, 4) is 5.75 Å². The zero-order valence-electron chi connectivity index (χ0n) is 11.1. The van der Waals surface area contributed by atoms with Gasteiger partial charge in [-0.2, -0.15) is 0 Å². The van der Waals surface area contributed by atoms with E-state index in [1.165, 1.54) is 0 Å². The number of rotatable bonds is 7. The summed E-state index contributed by atoms with van der Waals surface area (Å²) in [4.78, 5) is 10.8. The number of aliphatic hydroxyl groups is 1. The first-order valence-electron chi connectivity index (χ1n) is 6.00. The molecule has 1 aromatic rings. The van der Waals surface area contributed by atoms with Crippen molar-refractivity contribution in [3.05, 3.63) is 23.8 Å². The van der Waals surface area contributed by atoms with Crippen molar-refractivity contribution in [1.82, 2.24) is 5.32 Å². The minimum absolute atomic E-state index is 0.0963. The minimum atomic E-state index is -1.07. The van der Waals surface area contributed by atoms with Crippen LogP contribution in [0.4, 0.5) is 5.69 Å². The van der Waals surface area contributed by atoms with E-state index in [2.05, 4.69) is 5.32 Å². The zero-order chi connectivity index (χ0) is 14.4. The molecule has 0 aliphatic rings. The van der Waals surface area contributed by atoms with Gasteiger partial charge in [-0.3, -0.25) is 10.1 Å². The molecule has 0 aliphatic heterocycles. The van der Waals surface area contributed by atoms with Crippen molar-refractivity contribution in [2.24, 2.45) is 0 Å². The van der Waals surface area contributed by atoms with E-state index in [4.69, 9.17) is 20.7 Å². The van der Waals surface area contributed by atoms with Crippen molar-refractivity contribution in [2.75, 3.05) is 19.5 Å². The molecule has 0 heterocycles. The first-order chi connectivity index (χ1) is 8.97. The number of nitrogens with one attached hydrogen (secondary N) is 1. The van der Waals surface area contributed by atoms with Crippen LogP contribution in [0.2, 0.25) is 0 Å². The van der Waals surface area contributed by atoms with Crippen LogP contribution in [0.1, 0.15) is 12.5 Å². The monoisotopic (exact) mass is 268 g/mol. The molecule has 0 aromatic heterocycles. The number of anilines is 1. The number of carboxylic acid groups (broad SMARTS) is 1. The van der Waals surface area contributed by atoms with E-state index >= 15 is 0 Å². The summed E-state index contributed by atoms with van der Waals surface area (Å²) in [5, 5.41) is 20.6. The van der Waals surface area contributed by atoms with Crippen molar-refractivity contribution >= 4 is 11.7 Å². The molecule has 0 bridgehead atoms. The van der Waals surface area contributed by atoms with Crippen LogP contribution in [0.25, 0.3) is 0 Å². The Morgan fingerprint density at radius 1 is 1.53 bits per heavy atom. The lowest BCUT2D eigenvalue weighted by atomic mass is 10.1. The smallest absolute Gasteiger partial charge is 0.323 e. The highest BCUT2D eigenvalue weighted by Gasteiger charge is 2.18. The Morgan fingerprint density at radius 2 is 2.21 bits per heavy atom. The van der Waals surface area contributed by atoms with E-state index in [0.29, 0.717) is 17.9 Å². The lowest BCUT2D eigenvalue weighted by molar-refractivity contribution is -0.140. The third-order valence-electron chi connectivity index (χ3n) is 2.80. The lowest BCUT2D eigenvalue weighted by Crippen LogP contribution is -2.45. The third kappa shape index (κ3) is 4.42. The second-order valence-corrected chi connectivity index (χ2v) is 4.42. The molecule has 1 aromatic carbocycles. The van der Waals surface area contributed by atoms with Crippen LogP contribution in [0, 0.1) is 0 Å². The summed E-state index contributed by atoms with van der Waals surface area (Å²) in [6, 6.07) is 4.40. The molecule has 19 heavy (non-hydrogen) atoms. The number of nitrogen functional groups attached to an aromatic ring is 1. The second-order valence-electron chi connectivity index (χ2n) is 4.42. The van der Waals surface area contributed by atoms with Crippen molar-refractivity contribution in [1.29, 1.82) is 0 Å². The van der Waals surface area contributed by atoms with Gasteiger partial charge in [0.2, 0.25) is 0 Å². The Labute approximate surface area is 112 Å². The quantitative estimate of drug-likeness (QED) is 0.528. The van der Waals surface area contributed by atoms with Gasteiger partial charge >= 0.3 is 5.97 Å². The fourth-order valence-electron chi connectivity index (χ4n) is 1.87. The molecular formula is C13H20N2O4. The third-order valence-corrected chi connectivity index (χ3v) is 2.80. The summed E-state index contributed by atoms with van der Waals surface area (Å²) in [6.07, 6.45) is 0.609. The molecule has 0 saturated carbocycles. The highest BCUT2D eigenvalue weighted by atomic mass is 16.5. The molecule has 5 N–H and O–H groups in total. The van der Waals surface area contributed by atoms with E-state index in [1.807, 2.05) is 13.0 Å². The molecule has 1 rings (SSSR count). The van der Waals surface area contributed by atoms with Crippen LogP contribution in [0.15, 0.2) is 18.2 Å². The minimum Gasteiger partial charge on any atom is -0.495 e. The average molecular weight is 268 g/mol. The number of ether oxygens (including phenoxy) is 1. The van der Waals surface area contributed by atoms with Crippen LogP contribution < -0.4 is 15.8 Å². The van der Waals surface area contributed by atoms with Gasteiger partial charge in [0, 0.05) is 6.04 Å². The van der Waals surface area contributed by atoms with Crippen LogP contribution >= 0.6 is 0 Å². The van der Waals surface area contributed by atoms with Crippen LogP contribution in [0.5, 0.6) is 5.75 Å². The number of benzene rings is 1. The highest BCUT2D eigenvalue weighted by Crippen LogP contribution is 2.22. The molecule has 106 valence electrons. The zero-order valence-corrected chi connectivity index (χ0v) is 11.1. The molecule has 2 atom stereocenters. The van der Waals surface area contributed by atoms with E-state index in [0.717, 1.165) is 5.56 Å². The van der Waals surface area contributed by atoms with Gasteiger partial charge in [-0.1, -0.05) is 6.07 Å². The Balaban J connectivity index is 2.64. The van der Waals surface area contributed by atoms with Gasteiger partial charge in [-0.05, 0) is 31.0 Å². The Hall–Kier alpha value is -1.79. The van der Waals surface area contributed by atoms with E-state index in [-0.39, 0.29) is 6.04 Å². The largest absolute Gasteiger partial charge is 0.495 e. The molecule has 6 nitrogen and oxygen atoms in total.